The molecule has 0 aliphatic rings. The van der Waals surface area contributed by atoms with Gasteiger partial charge in [-0.3, -0.25) is 20.4 Å². The molecule has 0 spiro atoms. The van der Waals surface area contributed by atoms with E-state index in [1.165, 1.54) is 11.8 Å². The first kappa shape index (κ1) is 19.3. The molecule has 1 heterocycles. The minimum Gasteiger partial charge on any atom is -0.497 e. The van der Waals surface area contributed by atoms with Gasteiger partial charge in [-0.25, -0.2) is 0 Å². The number of hydrogen-bond donors (Lipinski definition) is 2. The number of carbonyl (C=O) groups is 2. The molecule has 2 N–H and O–H groups in total. The summed E-state index contributed by atoms with van der Waals surface area (Å²) in [5.74, 6) is 0.460. The first-order chi connectivity index (χ1) is 13.6. The number of furan rings is 1. The van der Waals surface area contributed by atoms with Gasteiger partial charge in [0.05, 0.1) is 19.8 Å². The standard InChI is InChI=1S/C21H22N2O5/c1-3-14-4-6-16(7-5-14)27-13-21(25)23-22-20(24)10-15-12-28-19-11-17(26-2)8-9-18(15)19/h4-9,11-12H,3,10,13H2,1-2H3,(H,22,24)(H,23,25). The van der Waals surface area contributed by atoms with Gasteiger partial charge in [0.2, 0.25) is 5.91 Å². The van der Waals surface area contributed by atoms with E-state index < -0.39 is 5.91 Å². The molecule has 3 rings (SSSR count). The molecule has 2 aromatic carbocycles. The van der Waals surface area contributed by atoms with E-state index in [1.807, 2.05) is 30.3 Å². The first-order valence-electron chi connectivity index (χ1n) is 8.92. The van der Waals surface area contributed by atoms with Crippen LogP contribution in [0, 0.1) is 0 Å². The van der Waals surface area contributed by atoms with Crippen LogP contribution in [0.3, 0.4) is 0 Å². The molecule has 0 radical (unpaired) electrons. The number of methoxy groups -OCH3 is 1. The average Bonchev–Trinajstić information content (AvgIpc) is 3.12. The maximum Gasteiger partial charge on any atom is 0.276 e. The maximum atomic E-state index is 12.1. The predicted octanol–water partition coefficient (Wildman–Crippen LogP) is 2.77. The fraction of sp³-hybridized carbons (Fsp3) is 0.238. The van der Waals surface area contributed by atoms with Gasteiger partial charge in [0.25, 0.3) is 5.91 Å². The van der Waals surface area contributed by atoms with E-state index in [1.54, 1.807) is 19.2 Å². The number of benzene rings is 2. The molecule has 0 saturated heterocycles. The quantitative estimate of drug-likeness (QED) is 0.614. The third kappa shape index (κ3) is 4.82. The largest absolute Gasteiger partial charge is 0.497 e. The average molecular weight is 382 g/mol. The van der Waals surface area contributed by atoms with Crippen molar-refractivity contribution in [1.82, 2.24) is 10.9 Å². The number of carbonyl (C=O) groups excluding carboxylic acids is 2. The van der Waals surface area contributed by atoms with E-state index in [2.05, 4.69) is 17.8 Å². The highest BCUT2D eigenvalue weighted by atomic mass is 16.5. The fourth-order valence-electron chi connectivity index (χ4n) is 2.69. The van der Waals surface area contributed by atoms with Crippen LogP contribution in [0.5, 0.6) is 11.5 Å². The Balaban J connectivity index is 1.46. The van der Waals surface area contributed by atoms with Crippen LogP contribution in [-0.4, -0.2) is 25.5 Å². The van der Waals surface area contributed by atoms with E-state index in [9.17, 15) is 9.59 Å². The summed E-state index contributed by atoms with van der Waals surface area (Å²) in [4.78, 5) is 23.9. The summed E-state index contributed by atoms with van der Waals surface area (Å²) >= 11 is 0. The summed E-state index contributed by atoms with van der Waals surface area (Å²) < 4.78 is 16.0. The topological polar surface area (TPSA) is 89.8 Å². The molecule has 0 fully saturated rings. The number of amides is 2. The summed E-state index contributed by atoms with van der Waals surface area (Å²) in [6.07, 6.45) is 2.53. The van der Waals surface area contributed by atoms with Crippen LogP contribution in [0.4, 0.5) is 0 Å². The minimum absolute atomic E-state index is 0.0684. The lowest BCUT2D eigenvalue weighted by molar-refractivity contribution is -0.129. The highest BCUT2D eigenvalue weighted by Gasteiger charge is 2.12. The number of rotatable bonds is 7. The summed E-state index contributed by atoms with van der Waals surface area (Å²) in [5, 5.41) is 0.820. The van der Waals surface area contributed by atoms with Crippen molar-refractivity contribution in [2.75, 3.05) is 13.7 Å². The zero-order valence-corrected chi connectivity index (χ0v) is 15.8. The normalized spacial score (nSPS) is 10.5. The predicted molar refractivity (Wildman–Crippen MR) is 104 cm³/mol. The van der Waals surface area contributed by atoms with Crippen molar-refractivity contribution in [3.63, 3.8) is 0 Å². The molecule has 3 aromatic rings. The number of hydrogen-bond acceptors (Lipinski definition) is 5. The minimum atomic E-state index is -0.449. The summed E-state index contributed by atoms with van der Waals surface area (Å²) in [7, 11) is 1.57. The van der Waals surface area contributed by atoms with Crippen LogP contribution >= 0.6 is 0 Å². The zero-order valence-electron chi connectivity index (χ0n) is 15.8. The Labute approximate surface area is 162 Å². The van der Waals surface area contributed by atoms with Crippen molar-refractivity contribution < 1.29 is 23.5 Å². The van der Waals surface area contributed by atoms with Gasteiger partial charge in [-0.1, -0.05) is 19.1 Å². The van der Waals surface area contributed by atoms with Crippen molar-refractivity contribution >= 4 is 22.8 Å². The lowest BCUT2D eigenvalue weighted by Crippen LogP contribution is -2.44. The van der Waals surface area contributed by atoms with Gasteiger partial charge < -0.3 is 13.9 Å². The third-order valence-corrected chi connectivity index (χ3v) is 4.26. The van der Waals surface area contributed by atoms with Gasteiger partial charge in [0.1, 0.15) is 17.1 Å². The van der Waals surface area contributed by atoms with Crippen molar-refractivity contribution in [2.45, 2.75) is 19.8 Å². The Hall–Kier alpha value is -3.48. The number of aryl methyl sites for hydroxylation is 1. The molecule has 0 unspecified atom stereocenters. The second-order valence-electron chi connectivity index (χ2n) is 6.18. The van der Waals surface area contributed by atoms with Crippen molar-refractivity contribution in [3.8, 4) is 11.5 Å². The molecular weight excluding hydrogens is 360 g/mol. The van der Waals surface area contributed by atoms with Crippen LogP contribution < -0.4 is 20.3 Å². The van der Waals surface area contributed by atoms with Crippen LogP contribution in [-0.2, 0) is 22.4 Å². The number of ether oxygens (including phenoxy) is 2. The Morgan fingerprint density at radius 2 is 1.71 bits per heavy atom. The number of hydrazine groups is 1. The summed E-state index contributed by atoms with van der Waals surface area (Å²) in [5.41, 5.74) is 7.26. The van der Waals surface area contributed by atoms with Gasteiger partial charge in [-0.2, -0.15) is 0 Å². The first-order valence-corrected chi connectivity index (χ1v) is 8.92. The highest BCUT2D eigenvalue weighted by Crippen LogP contribution is 2.25. The molecule has 146 valence electrons. The van der Waals surface area contributed by atoms with E-state index in [0.717, 1.165) is 17.4 Å². The van der Waals surface area contributed by atoms with Crippen LogP contribution in [0.1, 0.15) is 18.1 Å². The Morgan fingerprint density at radius 3 is 2.43 bits per heavy atom. The second-order valence-corrected chi connectivity index (χ2v) is 6.18. The summed E-state index contributed by atoms with van der Waals surface area (Å²) in [6, 6.07) is 12.9. The SMILES string of the molecule is CCc1ccc(OCC(=O)NNC(=O)Cc2coc3cc(OC)ccc23)cc1. The highest BCUT2D eigenvalue weighted by molar-refractivity contribution is 5.89. The Morgan fingerprint density at radius 1 is 1.00 bits per heavy atom. The van der Waals surface area contributed by atoms with Gasteiger partial charge >= 0.3 is 0 Å². The molecule has 7 heteroatoms. The van der Waals surface area contributed by atoms with E-state index in [-0.39, 0.29) is 18.9 Å². The second kappa shape index (κ2) is 8.94. The molecule has 1 aromatic heterocycles. The van der Waals surface area contributed by atoms with E-state index in [0.29, 0.717) is 17.1 Å². The van der Waals surface area contributed by atoms with Gasteiger partial charge in [-0.05, 0) is 36.2 Å². The molecule has 7 nitrogen and oxygen atoms in total. The van der Waals surface area contributed by atoms with Crippen molar-refractivity contribution in [1.29, 1.82) is 0 Å². The van der Waals surface area contributed by atoms with E-state index in [4.69, 9.17) is 13.9 Å². The maximum absolute atomic E-state index is 12.1. The molecular formula is C21H22N2O5. The van der Waals surface area contributed by atoms with Crippen LogP contribution in [0.2, 0.25) is 0 Å². The van der Waals surface area contributed by atoms with Crippen molar-refractivity contribution in [2.24, 2.45) is 0 Å². The molecule has 0 aliphatic heterocycles. The number of nitrogens with one attached hydrogen (secondary N) is 2. The monoisotopic (exact) mass is 382 g/mol. The molecule has 2 amide bonds. The molecule has 0 bridgehead atoms. The van der Waals surface area contributed by atoms with Crippen molar-refractivity contribution in [3.05, 3.63) is 59.9 Å². The van der Waals surface area contributed by atoms with Crippen LogP contribution in [0.25, 0.3) is 11.0 Å². The summed E-state index contributed by atoms with van der Waals surface area (Å²) in [6.45, 7) is 1.87. The smallest absolute Gasteiger partial charge is 0.276 e. The molecule has 0 saturated carbocycles. The van der Waals surface area contributed by atoms with E-state index >= 15 is 0 Å². The lowest BCUT2D eigenvalue weighted by Gasteiger charge is -2.09. The Kier molecular flexibility index (Phi) is 6.16. The molecule has 0 aliphatic carbocycles. The van der Waals surface area contributed by atoms with Gasteiger partial charge in [-0.15, -0.1) is 0 Å². The zero-order chi connectivity index (χ0) is 19.9. The van der Waals surface area contributed by atoms with Gasteiger partial charge in [0.15, 0.2) is 6.61 Å². The molecule has 28 heavy (non-hydrogen) atoms. The number of fused-ring (bicyclic) bond motifs is 1. The fourth-order valence-corrected chi connectivity index (χ4v) is 2.69. The third-order valence-electron chi connectivity index (χ3n) is 4.26. The lowest BCUT2D eigenvalue weighted by atomic mass is 10.1. The Bertz CT molecular complexity index is 963. The van der Waals surface area contributed by atoms with Gasteiger partial charge in [0, 0.05) is 17.0 Å². The van der Waals surface area contributed by atoms with Crippen LogP contribution in [0.15, 0.2) is 53.1 Å². The molecule has 0 atom stereocenters.